The predicted molar refractivity (Wildman–Crippen MR) is 50.0 cm³/mol. The summed E-state index contributed by atoms with van der Waals surface area (Å²) in [5.41, 5.74) is 5.68. The van der Waals surface area contributed by atoms with Crippen LogP contribution in [-0.2, 0) is 0 Å². The topological polar surface area (TPSA) is 67.8 Å². The number of nitrogens with two attached hydrogens (primary N) is 1. The molecule has 0 radical (unpaired) electrons. The Kier molecular flexibility index (Phi) is 3.28. The summed E-state index contributed by atoms with van der Waals surface area (Å²) in [6.45, 7) is 1.60. The van der Waals surface area contributed by atoms with Crippen LogP contribution in [0.5, 0.6) is 5.75 Å². The minimum absolute atomic E-state index is 0.0262. The predicted octanol–water partition coefficient (Wildman–Crippen LogP) is 1.26. The SMILES string of the molecule is Cc1cc(OC/C(N)=N/O)ccc1F. The highest BCUT2D eigenvalue weighted by molar-refractivity contribution is 5.81. The number of hydrogen-bond donors (Lipinski definition) is 2. The van der Waals surface area contributed by atoms with Crippen LogP contribution >= 0.6 is 0 Å². The van der Waals surface area contributed by atoms with E-state index in [1.807, 2.05) is 0 Å². The van der Waals surface area contributed by atoms with Gasteiger partial charge in [0, 0.05) is 0 Å². The van der Waals surface area contributed by atoms with E-state index in [2.05, 4.69) is 5.16 Å². The summed E-state index contributed by atoms with van der Waals surface area (Å²) in [5, 5.41) is 11.0. The molecular weight excluding hydrogens is 187 g/mol. The number of hydrogen-bond acceptors (Lipinski definition) is 3. The first-order valence-electron chi connectivity index (χ1n) is 3.99. The van der Waals surface area contributed by atoms with E-state index in [1.165, 1.54) is 12.1 Å². The van der Waals surface area contributed by atoms with Crippen molar-refractivity contribution < 1.29 is 14.3 Å². The van der Waals surface area contributed by atoms with Crippen LogP contribution in [0.1, 0.15) is 5.56 Å². The Bertz CT molecular complexity index is 353. The van der Waals surface area contributed by atoms with E-state index in [1.54, 1.807) is 13.0 Å². The second kappa shape index (κ2) is 4.45. The lowest BCUT2D eigenvalue weighted by Gasteiger charge is -2.05. The fraction of sp³-hybridized carbons (Fsp3) is 0.222. The molecule has 0 saturated heterocycles. The molecule has 1 aromatic carbocycles. The van der Waals surface area contributed by atoms with Crippen molar-refractivity contribution in [2.45, 2.75) is 6.92 Å². The van der Waals surface area contributed by atoms with Gasteiger partial charge in [0.2, 0.25) is 0 Å². The molecule has 5 heteroatoms. The highest BCUT2D eigenvalue weighted by atomic mass is 19.1. The summed E-state index contributed by atoms with van der Waals surface area (Å²) in [5.74, 6) is 0.156. The molecule has 0 aromatic heterocycles. The fourth-order valence-corrected chi connectivity index (χ4v) is 0.893. The first-order chi connectivity index (χ1) is 6.63. The van der Waals surface area contributed by atoms with Gasteiger partial charge in [-0.15, -0.1) is 0 Å². The average Bonchev–Trinajstić information content (AvgIpc) is 2.19. The first-order valence-corrected chi connectivity index (χ1v) is 3.99. The van der Waals surface area contributed by atoms with Crippen LogP contribution in [0, 0.1) is 12.7 Å². The Morgan fingerprint density at radius 3 is 2.93 bits per heavy atom. The van der Waals surface area contributed by atoms with Crippen LogP contribution in [0.15, 0.2) is 23.4 Å². The Morgan fingerprint density at radius 2 is 2.36 bits per heavy atom. The monoisotopic (exact) mass is 198 g/mol. The van der Waals surface area contributed by atoms with Crippen molar-refractivity contribution in [3.05, 3.63) is 29.6 Å². The second-order valence-electron chi connectivity index (χ2n) is 2.79. The van der Waals surface area contributed by atoms with Gasteiger partial charge in [-0.25, -0.2) is 4.39 Å². The lowest BCUT2D eigenvalue weighted by molar-refractivity contribution is 0.306. The molecule has 0 saturated carbocycles. The van der Waals surface area contributed by atoms with Gasteiger partial charge in [0.05, 0.1) is 0 Å². The van der Waals surface area contributed by atoms with Gasteiger partial charge in [-0.05, 0) is 30.7 Å². The molecule has 0 aliphatic rings. The zero-order chi connectivity index (χ0) is 10.6. The molecule has 14 heavy (non-hydrogen) atoms. The number of halogens is 1. The van der Waals surface area contributed by atoms with Gasteiger partial charge in [0.1, 0.15) is 18.2 Å². The zero-order valence-corrected chi connectivity index (χ0v) is 7.70. The fourth-order valence-electron chi connectivity index (χ4n) is 0.893. The molecule has 0 heterocycles. The lowest BCUT2D eigenvalue weighted by atomic mass is 10.2. The number of nitrogens with zero attached hydrogens (tertiary/aromatic N) is 1. The molecule has 0 atom stereocenters. The molecular formula is C9H11FN2O2. The summed E-state index contributed by atoms with van der Waals surface area (Å²) in [4.78, 5) is 0. The van der Waals surface area contributed by atoms with Gasteiger partial charge < -0.3 is 15.7 Å². The van der Waals surface area contributed by atoms with E-state index in [-0.39, 0.29) is 18.3 Å². The number of amidine groups is 1. The van der Waals surface area contributed by atoms with Crippen molar-refractivity contribution in [1.29, 1.82) is 0 Å². The van der Waals surface area contributed by atoms with E-state index < -0.39 is 0 Å². The summed E-state index contributed by atoms with van der Waals surface area (Å²) in [6.07, 6.45) is 0. The third-order valence-corrected chi connectivity index (χ3v) is 1.64. The summed E-state index contributed by atoms with van der Waals surface area (Å²) < 4.78 is 17.9. The van der Waals surface area contributed by atoms with Crippen LogP contribution in [-0.4, -0.2) is 17.6 Å². The molecule has 0 spiro atoms. The average molecular weight is 198 g/mol. The third kappa shape index (κ3) is 2.62. The molecule has 1 aromatic rings. The van der Waals surface area contributed by atoms with E-state index in [0.29, 0.717) is 11.3 Å². The van der Waals surface area contributed by atoms with E-state index >= 15 is 0 Å². The number of ether oxygens (including phenoxy) is 1. The van der Waals surface area contributed by atoms with Gasteiger partial charge in [-0.3, -0.25) is 0 Å². The van der Waals surface area contributed by atoms with E-state index in [0.717, 1.165) is 0 Å². The molecule has 4 nitrogen and oxygen atoms in total. The number of rotatable bonds is 3. The molecule has 0 amide bonds. The lowest BCUT2D eigenvalue weighted by Crippen LogP contribution is -2.20. The Balaban J connectivity index is 2.64. The minimum Gasteiger partial charge on any atom is -0.486 e. The second-order valence-corrected chi connectivity index (χ2v) is 2.79. The largest absolute Gasteiger partial charge is 0.486 e. The van der Waals surface area contributed by atoms with Crippen molar-refractivity contribution in [1.82, 2.24) is 0 Å². The molecule has 1 rings (SSSR count). The number of oxime groups is 1. The third-order valence-electron chi connectivity index (χ3n) is 1.64. The van der Waals surface area contributed by atoms with Gasteiger partial charge >= 0.3 is 0 Å². The molecule has 0 fully saturated rings. The Hall–Kier alpha value is -1.78. The molecule has 76 valence electrons. The highest BCUT2D eigenvalue weighted by Crippen LogP contribution is 2.15. The van der Waals surface area contributed by atoms with E-state index in [4.69, 9.17) is 15.7 Å². The van der Waals surface area contributed by atoms with Crippen LogP contribution in [0.3, 0.4) is 0 Å². The molecule has 0 aliphatic carbocycles. The van der Waals surface area contributed by atoms with Crippen molar-refractivity contribution in [2.24, 2.45) is 10.9 Å². The Labute approximate surface area is 80.8 Å². The van der Waals surface area contributed by atoms with E-state index in [9.17, 15) is 4.39 Å². The number of benzene rings is 1. The summed E-state index contributed by atoms with van der Waals surface area (Å²) in [7, 11) is 0. The zero-order valence-electron chi connectivity index (χ0n) is 7.70. The smallest absolute Gasteiger partial charge is 0.177 e. The number of aryl methyl sites for hydroxylation is 1. The van der Waals surface area contributed by atoms with Crippen LogP contribution in [0.4, 0.5) is 4.39 Å². The van der Waals surface area contributed by atoms with Crippen LogP contribution in [0.25, 0.3) is 0 Å². The summed E-state index contributed by atoms with van der Waals surface area (Å²) >= 11 is 0. The maximum Gasteiger partial charge on any atom is 0.177 e. The minimum atomic E-state index is -0.291. The maximum atomic E-state index is 12.8. The molecule has 0 aliphatic heterocycles. The van der Waals surface area contributed by atoms with Gasteiger partial charge in [-0.1, -0.05) is 5.16 Å². The van der Waals surface area contributed by atoms with Crippen molar-refractivity contribution in [3.8, 4) is 5.75 Å². The van der Waals surface area contributed by atoms with Crippen LogP contribution in [0.2, 0.25) is 0 Å². The maximum absolute atomic E-state index is 12.8. The van der Waals surface area contributed by atoms with Gasteiger partial charge in [0.15, 0.2) is 5.84 Å². The van der Waals surface area contributed by atoms with Crippen molar-refractivity contribution >= 4 is 5.84 Å². The molecule has 3 N–H and O–H groups in total. The quantitative estimate of drug-likeness (QED) is 0.332. The molecule has 0 unspecified atom stereocenters. The van der Waals surface area contributed by atoms with Gasteiger partial charge in [0.25, 0.3) is 0 Å². The van der Waals surface area contributed by atoms with Crippen LogP contribution < -0.4 is 10.5 Å². The Morgan fingerprint density at radius 1 is 1.64 bits per heavy atom. The van der Waals surface area contributed by atoms with Crippen molar-refractivity contribution in [3.63, 3.8) is 0 Å². The standard InChI is InChI=1S/C9H11FN2O2/c1-6-4-7(2-3-8(6)10)14-5-9(11)12-13/h2-4,13H,5H2,1H3,(H2,11,12). The normalized spacial score (nSPS) is 11.4. The van der Waals surface area contributed by atoms with Gasteiger partial charge in [-0.2, -0.15) is 0 Å². The molecule has 0 bridgehead atoms. The summed E-state index contributed by atoms with van der Waals surface area (Å²) in [6, 6.07) is 4.32. The first kappa shape index (κ1) is 10.3. The highest BCUT2D eigenvalue weighted by Gasteiger charge is 2.00. The van der Waals surface area contributed by atoms with Crippen molar-refractivity contribution in [2.75, 3.05) is 6.61 Å².